The fraction of sp³-hybridized carbons (Fsp3) is 0.500. The van der Waals surface area contributed by atoms with E-state index in [-0.39, 0.29) is 17.1 Å². The molecule has 0 amide bonds. The molecule has 0 bridgehead atoms. The first kappa shape index (κ1) is 16.1. The number of nitro benzene ring substituents is 1. The first-order valence-electron chi connectivity index (χ1n) is 6.34. The van der Waals surface area contributed by atoms with Gasteiger partial charge < -0.3 is 0 Å². The van der Waals surface area contributed by atoms with Gasteiger partial charge in [0.25, 0.3) is 5.69 Å². The van der Waals surface area contributed by atoms with Gasteiger partial charge in [0, 0.05) is 35.7 Å². The van der Waals surface area contributed by atoms with Crippen LogP contribution < -0.4 is 4.72 Å². The standard InChI is InChI=1S/C12H16N2O5S2/c1-20(17)12(6-3-7-12)9-13-21(18,19)11-5-2-4-10(8-11)14(15)16/h2,4-5,8,13H,3,6-7,9H2,1H3/t20-/m1/s1. The molecule has 0 aromatic heterocycles. The van der Waals surface area contributed by atoms with E-state index in [4.69, 9.17) is 0 Å². The van der Waals surface area contributed by atoms with Crippen LogP contribution in [0.1, 0.15) is 19.3 Å². The van der Waals surface area contributed by atoms with Crippen LogP contribution >= 0.6 is 0 Å². The first-order valence-corrected chi connectivity index (χ1v) is 9.39. The van der Waals surface area contributed by atoms with E-state index in [1.165, 1.54) is 18.2 Å². The molecule has 1 aliphatic rings. The molecule has 21 heavy (non-hydrogen) atoms. The van der Waals surface area contributed by atoms with Crippen LogP contribution in [0.2, 0.25) is 0 Å². The molecule has 1 N–H and O–H groups in total. The first-order chi connectivity index (χ1) is 9.77. The number of hydrogen-bond acceptors (Lipinski definition) is 5. The van der Waals surface area contributed by atoms with Crippen molar-refractivity contribution in [3.8, 4) is 0 Å². The lowest BCUT2D eigenvalue weighted by Gasteiger charge is -2.39. The summed E-state index contributed by atoms with van der Waals surface area (Å²) in [6.45, 7) is 0.0845. The Morgan fingerprint density at radius 3 is 2.57 bits per heavy atom. The van der Waals surface area contributed by atoms with Crippen molar-refractivity contribution in [2.75, 3.05) is 12.8 Å². The lowest BCUT2D eigenvalue weighted by molar-refractivity contribution is -0.385. The van der Waals surface area contributed by atoms with Gasteiger partial charge in [-0.05, 0) is 18.9 Å². The minimum Gasteiger partial charge on any atom is -0.259 e. The summed E-state index contributed by atoms with van der Waals surface area (Å²) in [7, 11) is -4.97. The summed E-state index contributed by atoms with van der Waals surface area (Å²) in [5.74, 6) is 0. The lowest BCUT2D eigenvalue weighted by atomic mass is 9.84. The molecule has 0 radical (unpaired) electrons. The van der Waals surface area contributed by atoms with Crippen LogP contribution in [0.5, 0.6) is 0 Å². The highest BCUT2D eigenvalue weighted by molar-refractivity contribution is 7.89. The third-order valence-electron chi connectivity index (χ3n) is 3.80. The summed E-state index contributed by atoms with van der Waals surface area (Å²) in [5, 5.41) is 10.7. The predicted octanol–water partition coefficient (Wildman–Crippen LogP) is 1.17. The molecule has 7 nitrogen and oxygen atoms in total. The van der Waals surface area contributed by atoms with Gasteiger partial charge in [0.2, 0.25) is 10.0 Å². The van der Waals surface area contributed by atoms with Crippen LogP contribution in [-0.2, 0) is 20.8 Å². The second-order valence-electron chi connectivity index (χ2n) is 5.07. The molecule has 2 rings (SSSR count). The predicted molar refractivity (Wildman–Crippen MR) is 78.9 cm³/mol. The quantitative estimate of drug-likeness (QED) is 0.622. The van der Waals surface area contributed by atoms with Crippen LogP contribution in [0.15, 0.2) is 29.2 Å². The zero-order chi connectivity index (χ0) is 15.7. The third-order valence-corrected chi connectivity index (χ3v) is 6.97. The largest absolute Gasteiger partial charge is 0.270 e. The maximum Gasteiger partial charge on any atom is 0.270 e. The number of rotatable bonds is 6. The number of sulfonamides is 1. The molecule has 0 aliphatic heterocycles. The number of hydrogen-bond donors (Lipinski definition) is 1. The normalized spacial score (nSPS) is 18.7. The summed E-state index contributed by atoms with van der Waals surface area (Å²) in [4.78, 5) is 9.89. The Hall–Kier alpha value is -1.32. The van der Waals surface area contributed by atoms with E-state index in [1.54, 1.807) is 6.26 Å². The fourth-order valence-electron chi connectivity index (χ4n) is 2.21. The number of benzene rings is 1. The van der Waals surface area contributed by atoms with E-state index >= 15 is 0 Å². The minimum absolute atomic E-state index is 0.0845. The Balaban J connectivity index is 2.17. The van der Waals surface area contributed by atoms with Crippen molar-refractivity contribution in [1.82, 2.24) is 4.72 Å². The van der Waals surface area contributed by atoms with Crippen LogP contribution in [0, 0.1) is 10.1 Å². The Morgan fingerprint density at radius 2 is 2.10 bits per heavy atom. The summed E-state index contributed by atoms with van der Waals surface area (Å²) >= 11 is 0. The van der Waals surface area contributed by atoms with Crippen LogP contribution in [-0.4, -0.2) is 35.1 Å². The zero-order valence-corrected chi connectivity index (χ0v) is 13.1. The number of non-ortho nitro benzene ring substituents is 1. The van der Waals surface area contributed by atoms with E-state index in [1.807, 2.05) is 0 Å². The van der Waals surface area contributed by atoms with Gasteiger partial charge in [-0.3, -0.25) is 14.3 Å². The van der Waals surface area contributed by atoms with Gasteiger partial charge in [-0.2, -0.15) is 0 Å². The van der Waals surface area contributed by atoms with Gasteiger partial charge in [0.05, 0.1) is 14.6 Å². The molecule has 0 heterocycles. The van der Waals surface area contributed by atoms with Crippen molar-refractivity contribution < 1.29 is 17.6 Å². The van der Waals surface area contributed by atoms with Gasteiger partial charge in [-0.1, -0.05) is 12.5 Å². The highest BCUT2D eigenvalue weighted by atomic mass is 32.2. The highest BCUT2D eigenvalue weighted by Crippen LogP contribution is 2.36. The molecule has 0 unspecified atom stereocenters. The van der Waals surface area contributed by atoms with E-state index in [2.05, 4.69) is 4.72 Å². The molecule has 9 heteroatoms. The number of nitrogens with one attached hydrogen (secondary N) is 1. The molecular formula is C12H16N2O5S2. The van der Waals surface area contributed by atoms with E-state index < -0.39 is 30.5 Å². The highest BCUT2D eigenvalue weighted by Gasteiger charge is 2.41. The molecule has 1 aromatic rings. The average Bonchev–Trinajstić information content (AvgIpc) is 2.37. The monoisotopic (exact) mass is 332 g/mol. The van der Waals surface area contributed by atoms with Crippen molar-refractivity contribution in [2.24, 2.45) is 0 Å². The molecule has 116 valence electrons. The van der Waals surface area contributed by atoms with Gasteiger partial charge in [-0.25, -0.2) is 13.1 Å². The molecule has 1 saturated carbocycles. The third kappa shape index (κ3) is 3.30. The maximum atomic E-state index is 12.2. The lowest BCUT2D eigenvalue weighted by Crippen LogP contribution is -2.50. The summed E-state index contributed by atoms with van der Waals surface area (Å²) in [6, 6.07) is 4.86. The van der Waals surface area contributed by atoms with E-state index in [0.29, 0.717) is 12.8 Å². The van der Waals surface area contributed by atoms with Crippen molar-refractivity contribution in [3.63, 3.8) is 0 Å². The Bertz CT molecular complexity index is 683. The molecule has 1 atom stereocenters. The second-order valence-corrected chi connectivity index (χ2v) is 8.61. The van der Waals surface area contributed by atoms with Gasteiger partial charge in [0.1, 0.15) is 0 Å². The SMILES string of the molecule is C[S@@](=O)C1(CNS(=O)(=O)c2cccc([N+](=O)[O-])c2)CCC1. The van der Waals surface area contributed by atoms with E-state index in [0.717, 1.165) is 12.5 Å². The molecule has 1 fully saturated rings. The Labute approximate surface area is 125 Å². The van der Waals surface area contributed by atoms with Crippen LogP contribution in [0.4, 0.5) is 5.69 Å². The fourth-order valence-corrected chi connectivity index (χ4v) is 4.61. The molecule has 1 aromatic carbocycles. The summed E-state index contributed by atoms with van der Waals surface area (Å²) in [5.41, 5.74) is -0.282. The topological polar surface area (TPSA) is 106 Å². The summed E-state index contributed by atoms with van der Waals surface area (Å²) < 4.78 is 38.0. The Morgan fingerprint density at radius 1 is 1.43 bits per heavy atom. The van der Waals surface area contributed by atoms with Gasteiger partial charge >= 0.3 is 0 Å². The van der Waals surface area contributed by atoms with Crippen molar-refractivity contribution in [3.05, 3.63) is 34.4 Å². The number of nitrogens with zero attached hydrogens (tertiary/aromatic N) is 1. The smallest absolute Gasteiger partial charge is 0.259 e. The van der Waals surface area contributed by atoms with E-state index in [9.17, 15) is 22.7 Å². The van der Waals surface area contributed by atoms with Crippen molar-refractivity contribution >= 4 is 26.5 Å². The van der Waals surface area contributed by atoms with Gasteiger partial charge in [0.15, 0.2) is 0 Å². The average molecular weight is 332 g/mol. The Kier molecular flexibility index (Phi) is 4.45. The van der Waals surface area contributed by atoms with Crippen LogP contribution in [0.3, 0.4) is 0 Å². The molecule has 0 spiro atoms. The molecule has 1 aliphatic carbocycles. The number of nitro groups is 1. The van der Waals surface area contributed by atoms with Gasteiger partial charge in [-0.15, -0.1) is 0 Å². The minimum atomic E-state index is -3.85. The summed E-state index contributed by atoms with van der Waals surface area (Å²) in [6.07, 6.45) is 3.93. The maximum absolute atomic E-state index is 12.2. The second kappa shape index (κ2) is 5.82. The van der Waals surface area contributed by atoms with Crippen LogP contribution in [0.25, 0.3) is 0 Å². The molecular weight excluding hydrogens is 316 g/mol. The molecule has 0 saturated heterocycles. The zero-order valence-electron chi connectivity index (χ0n) is 11.4. The van der Waals surface area contributed by atoms with Crippen molar-refractivity contribution in [1.29, 1.82) is 0 Å². The van der Waals surface area contributed by atoms with Crippen molar-refractivity contribution in [2.45, 2.75) is 28.9 Å².